The van der Waals surface area contributed by atoms with Gasteiger partial charge in [0.25, 0.3) is 0 Å². The molecule has 4 nitrogen and oxygen atoms in total. The van der Waals surface area contributed by atoms with E-state index in [0.29, 0.717) is 11.4 Å². The van der Waals surface area contributed by atoms with Crippen molar-refractivity contribution in [3.05, 3.63) is 65.7 Å². The van der Waals surface area contributed by atoms with E-state index in [1.54, 1.807) is 31.5 Å². The number of rotatable bonds is 3. The second-order valence-corrected chi connectivity index (χ2v) is 5.50. The fraction of sp³-hybridized carbons (Fsp3) is 0.105. The summed E-state index contributed by atoms with van der Waals surface area (Å²) in [4.78, 5) is 12.7. The molecule has 1 aromatic carbocycles. The molecule has 2 aromatic heterocycles. The van der Waals surface area contributed by atoms with Crippen molar-refractivity contribution in [3.63, 3.8) is 0 Å². The molecule has 2 heterocycles. The Bertz CT molecular complexity index is 902. The predicted octanol–water partition coefficient (Wildman–Crippen LogP) is 4.19. The summed E-state index contributed by atoms with van der Waals surface area (Å²) in [7, 11) is 0. The summed E-state index contributed by atoms with van der Waals surface area (Å²) < 4.78 is 13.8. The molecule has 0 unspecified atom stereocenters. The van der Waals surface area contributed by atoms with Crippen LogP contribution in [0, 0.1) is 19.7 Å². The maximum absolute atomic E-state index is 13.8. The standard InChI is InChI=1S/C19H17FN4/c1-12-9-17(20)13(2)8-16(12)19-15(4-3-7-22-19)14-5-6-18(23-10-14)24-11-21/h3-11H,1-2H3,(H2,21,23,24). The molecule has 0 atom stereocenters. The zero-order valence-corrected chi connectivity index (χ0v) is 13.5. The Balaban J connectivity index is 2.13. The van der Waals surface area contributed by atoms with Crippen LogP contribution in [0.4, 0.5) is 10.2 Å². The van der Waals surface area contributed by atoms with Crippen molar-refractivity contribution in [2.75, 3.05) is 0 Å². The Kier molecular flexibility index (Phi) is 4.33. The number of aryl methyl sites for hydroxylation is 2. The van der Waals surface area contributed by atoms with E-state index in [0.717, 1.165) is 27.9 Å². The van der Waals surface area contributed by atoms with Gasteiger partial charge in [-0.3, -0.25) is 4.98 Å². The molecule has 120 valence electrons. The molecule has 0 saturated carbocycles. The van der Waals surface area contributed by atoms with Gasteiger partial charge in [-0.05, 0) is 55.3 Å². The molecule has 0 fully saturated rings. The van der Waals surface area contributed by atoms with Gasteiger partial charge >= 0.3 is 0 Å². The molecule has 0 aliphatic heterocycles. The zero-order valence-electron chi connectivity index (χ0n) is 13.5. The van der Waals surface area contributed by atoms with Gasteiger partial charge in [-0.15, -0.1) is 0 Å². The van der Waals surface area contributed by atoms with E-state index in [2.05, 4.69) is 15.0 Å². The maximum Gasteiger partial charge on any atom is 0.153 e. The third kappa shape index (κ3) is 3.01. The van der Waals surface area contributed by atoms with Gasteiger partial charge in [-0.2, -0.15) is 0 Å². The van der Waals surface area contributed by atoms with Gasteiger partial charge in [0.2, 0.25) is 0 Å². The maximum atomic E-state index is 13.8. The van der Waals surface area contributed by atoms with Crippen molar-refractivity contribution < 1.29 is 4.39 Å². The average molecular weight is 320 g/mol. The lowest BCUT2D eigenvalue weighted by Crippen LogP contribution is -1.94. The first kappa shape index (κ1) is 15.8. The van der Waals surface area contributed by atoms with Crippen LogP contribution < -0.4 is 5.73 Å². The minimum atomic E-state index is -0.209. The van der Waals surface area contributed by atoms with Crippen molar-refractivity contribution >= 4 is 12.2 Å². The highest BCUT2D eigenvalue weighted by molar-refractivity contribution is 5.82. The Morgan fingerprint density at radius 2 is 1.88 bits per heavy atom. The summed E-state index contributed by atoms with van der Waals surface area (Å²) in [6, 6.07) is 10.9. The normalized spacial score (nSPS) is 11.1. The molecule has 3 rings (SSSR count). The van der Waals surface area contributed by atoms with Gasteiger partial charge in [0, 0.05) is 29.1 Å². The minimum Gasteiger partial charge on any atom is -0.390 e. The molecule has 0 saturated heterocycles. The zero-order chi connectivity index (χ0) is 17.1. The molecule has 2 N–H and O–H groups in total. The second-order valence-electron chi connectivity index (χ2n) is 5.50. The number of pyridine rings is 2. The summed E-state index contributed by atoms with van der Waals surface area (Å²) in [6.45, 7) is 3.63. The van der Waals surface area contributed by atoms with E-state index in [4.69, 9.17) is 5.73 Å². The van der Waals surface area contributed by atoms with E-state index < -0.39 is 0 Å². The lowest BCUT2D eigenvalue weighted by atomic mass is 9.96. The number of aromatic nitrogens is 2. The third-order valence-electron chi connectivity index (χ3n) is 3.83. The number of halogens is 1. The number of hydrogen-bond donors (Lipinski definition) is 1. The summed E-state index contributed by atoms with van der Waals surface area (Å²) in [5.74, 6) is 0.333. The number of nitrogens with zero attached hydrogens (tertiary/aromatic N) is 3. The van der Waals surface area contributed by atoms with E-state index in [-0.39, 0.29) is 5.82 Å². The number of nitrogens with two attached hydrogens (primary N) is 1. The number of aliphatic imine (C=N–C) groups is 1. The van der Waals surface area contributed by atoms with E-state index in [9.17, 15) is 4.39 Å². The third-order valence-corrected chi connectivity index (χ3v) is 3.83. The first-order valence-corrected chi connectivity index (χ1v) is 7.53. The molecular formula is C19H17FN4. The molecule has 24 heavy (non-hydrogen) atoms. The SMILES string of the molecule is Cc1cc(-c2ncccc2-c2ccc(N=CN)nc2)c(C)cc1F. The van der Waals surface area contributed by atoms with Gasteiger partial charge in [-0.1, -0.05) is 6.07 Å². The predicted molar refractivity (Wildman–Crippen MR) is 94.7 cm³/mol. The Morgan fingerprint density at radius 1 is 1.04 bits per heavy atom. The van der Waals surface area contributed by atoms with E-state index in [1.807, 2.05) is 31.2 Å². The van der Waals surface area contributed by atoms with Gasteiger partial charge in [0.1, 0.15) is 5.82 Å². The summed E-state index contributed by atoms with van der Waals surface area (Å²) in [5, 5.41) is 0. The lowest BCUT2D eigenvalue weighted by Gasteiger charge is -2.12. The fourth-order valence-corrected chi connectivity index (χ4v) is 2.59. The molecule has 0 radical (unpaired) electrons. The Hall–Kier alpha value is -3.08. The van der Waals surface area contributed by atoms with Crippen LogP contribution in [0.2, 0.25) is 0 Å². The van der Waals surface area contributed by atoms with Gasteiger partial charge < -0.3 is 5.73 Å². The van der Waals surface area contributed by atoms with Crippen LogP contribution in [0.1, 0.15) is 11.1 Å². The van der Waals surface area contributed by atoms with Gasteiger partial charge in [0.15, 0.2) is 5.82 Å². The van der Waals surface area contributed by atoms with Gasteiger partial charge in [0.05, 0.1) is 12.0 Å². The molecule has 5 heteroatoms. The van der Waals surface area contributed by atoms with Crippen molar-refractivity contribution in [1.29, 1.82) is 0 Å². The quantitative estimate of drug-likeness (QED) is 0.581. The van der Waals surface area contributed by atoms with Crippen LogP contribution in [-0.4, -0.2) is 16.3 Å². The average Bonchev–Trinajstić information content (AvgIpc) is 2.59. The van der Waals surface area contributed by atoms with Crippen molar-refractivity contribution in [1.82, 2.24) is 9.97 Å². The minimum absolute atomic E-state index is 0.209. The molecule has 0 amide bonds. The van der Waals surface area contributed by atoms with Crippen molar-refractivity contribution in [2.45, 2.75) is 13.8 Å². The molecule has 3 aromatic rings. The highest BCUT2D eigenvalue weighted by Crippen LogP contribution is 2.33. The van der Waals surface area contributed by atoms with Crippen molar-refractivity contribution in [3.8, 4) is 22.4 Å². The van der Waals surface area contributed by atoms with Crippen LogP contribution in [0.3, 0.4) is 0 Å². The number of benzene rings is 1. The summed E-state index contributed by atoms with van der Waals surface area (Å²) >= 11 is 0. The molecule has 0 bridgehead atoms. The van der Waals surface area contributed by atoms with Crippen LogP contribution in [0.25, 0.3) is 22.4 Å². The first-order chi connectivity index (χ1) is 11.6. The lowest BCUT2D eigenvalue weighted by molar-refractivity contribution is 0.617. The topological polar surface area (TPSA) is 64.2 Å². The molecule has 0 aliphatic rings. The van der Waals surface area contributed by atoms with Crippen LogP contribution in [0.15, 0.2) is 53.8 Å². The van der Waals surface area contributed by atoms with E-state index in [1.165, 1.54) is 6.34 Å². The Morgan fingerprint density at radius 3 is 2.58 bits per heavy atom. The molecular weight excluding hydrogens is 303 g/mol. The van der Waals surface area contributed by atoms with Crippen LogP contribution >= 0.6 is 0 Å². The smallest absolute Gasteiger partial charge is 0.153 e. The molecule has 0 aliphatic carbocycles. The van der Waals surface area contributed by atoms with Crippen LogP contribution in [-0.2, 0) is 0 Å². The number of hydrogen-bond acceptors (Lipinski definition) is 3. The second kappa shape index (κ2) is 6.58. The highest BCUT2D eigenvalue weighted by atomic mass is 19.1. The van der Waals surface area contributed by atoms with Crippen LogP contribution in [0.5, 0.6) is 0 Å². The van der Waals surface area contributed by atoms with Crippen molar-refractivity contribution in [2.24, 2.45) is 10.7 Å². The van der Waals surface area contributed by atoms with E-state index >= 15 is 0 Å². The van der Waals surface area contributed by atoms with Gasteiger partial charge in [-0.25, -0.2) is 14.4 Å². The Labute approximate surface area is 139 Å². The summed E-state index contributed by atoms with van der Waals surface area (Å²) in [5.41, 5.74) is 10.3. The first-order valence-electron chi connectivity index (χ1n) is 7.53. The fourth-order valence-electron chi connectivity index (χ4n) is 2.59. The highest BCUT2D eigenvalue weighted by Gasteiger charge is 2.13. The largest absolute Gasteiger partial charge is 0.390 e. The molecule has 0 spiro atoms. The summed E-state index contributed by atoms with van der Waals surface area (Å²) in [6.07, 6.45) is 4.67. The monoisotopic (exact) mass is 320 g/mol.